The molecule has 0 aliphatic rings. The maximum atomic E-state index is 13.2. The van der Waals surface area contributed by atoms with Crippen LogP contribution in [-0.4, -0.2) is 16.9 Å². The quantitative estimate of drug-likeness (QED) is 0.856. The first kappa shape index (κ1) is 12.7. The van der Waals surface area contributed by atoms with Crippen LogP contribution < -0.4 is 0 Å². The van der Waals surface area contributed by atoms with Gasteiger partial charge in [-0.3, -0.25) is 4.90 Å². The lowest BCUT2D eigenvalue weighted by molar-refractivity contribution is 0.315. The number of benzene rings is 1. The summed E-state index contributed by atoms with van der Waals surface area (Å²) in [6, 6.07) is 4.95. The Kier molecular flexibility index (Phi) is 4.25. The number of halogens is 2. The van der Waals surface area contributed by atoms with E-state index in [0.717, 1.165) is 22.3 Å². The van der Waals surface area contributed by atoms with Crippen LogP contribution in [-0.2, 0) is 13.1 Å². The summed E-state index contributed by atoms with van der Waals surface area (Å²) in [6.45, 7) is 1.48. The van der Waals surface area contributed by atoms with Crippen molar-refractivity contribution in [2.45, 2.75) is 13.1 Å². The Labute approximate surface area is 112 Å². The normalized spacial score (nSPS) is 11.1. The molecule has 0 aliphatic heterocycles. The van der Waals surface area contributed by atoms with Gasteiger partial charge in [0.15, 0.2) is 0 Å². The Morgan fingerprint density at radius 2 is 2.18 bits per heavy atom. The molecule has 0 saturated carbocycles. The van der Waals surface area contributed by atoms with Gasteiger partial charge in [0.1, 0.15) is 5.82 Å². The molecule has 0 spiro atoms. The first-order chi connectivity index (χ1) is 8.13. The molecule has 0 amide bonds. The molecule has 2 nitrogen and oxygen atoms in total. The number of aromatic nitrogens is 1. The number of hydrogen-bond acceptors (Lipinski definition) is 3. The van der Waals surface area contributed by atoms with Gasteiger partial charge in [0, 0.05) is 22.9 Å². The zero-order chi connectivity index (χ0) is 12.3. The van der Waals surface area contributed by atoms with Crippen LogP contribution in [0.2, 0.25) is 0 Å². The Bertz CT molecular complexity index is 467. The maximum absolute atomic E-state index is 13.2. The molecule has 0 N–H and O–H groups in total. The van der Waals surface area contributed by atoms with Gasteiger partial charge >= 0.3 is 0 Å². The van der Waals surface area contributed by atoms with Crippen molar-refractivity contribution in [1.82, 2.24) is 9.88 Å². The molecule has 0 saturated heterocycles. The van der Waals surface area contributed by atoms with E-state index < -0.39 is 0 Å². The third-order valence-electron chi connectivity index (χ3n) is 2.29. The van der Waals surface area contributed by atoms with Crippen molar-refractivity contribution in [1.29, 1.82) is 0 Å². The van der Waals surface area contributed by atoms with Crippen molar-refractivity contribution in [3.8, 4) is 0 Å². The van der Waals surface area contributed by atoms with Crippen LogP contribution in [0.25, 0.3) is 0 Å². The largest absolute Gasteiger partial charge is 0.296 e. The maximum Gasteiger partial charge on any atom is 0.124 e. The number of hydrogen-bond donors (Lipinski definition) is 0. The molecule has 0 atom stereocenters. The van der Waals surface area contributed by atoms with E-state index in [4.69, 9.17) is 0 Å². The minimum Gasteiger partial charge on any atom is -0.296 e. The lowest BCUT2D eigenvalue weighted by Gasteiger charge is -2.15. The lowest BCUT2D eigenvalue weighted by Crippen LogP contribution is -2.17. The van der Waals surface area contributed by atoms with Crippen LogP contribution in [0.4, 0.5) is 4.39 Å². The van der Waals surface area contributed by atoms with Gasteiger partial charge in [-0.1, -0.05) is 15.9 Å². The summed E-state index contributed by atoms with van der Waals surface area (Å²) in [6.07, 6.45) is 0. The Hall–Kier alpha value is -0.780. The highest BCUT2D eigenvalue weighted by atomic mass is 79.9. The molecule has 90 valence electrons. The van der Waals surface area contributed by atoms with Crippen LogP contribution >= 0.6 is 27.3 Å². The van der Waals surface area contributed by atoms with Crippen LogP contribution in [0.15, 0.2) is 33.6 Å². The highest BCUT2D eigenvalue weighted by Crippen LogP contribution is 2.16. The molecule has 2 aromatic rings. The molecule has 17 heavy (non-hydrogen) atoms. The van der Waals surface area contributed by atoms with Crippen molar-refractivity contribution < 1.29 is 4.39 Å². The van der Waals surface area contributed by atoms with Crippen molar-refractivity contribution in [3.63, 3.8) is 0 Å². The molecule has 0 unspecified atom stereocenters. The summed E-state index contributed by atoms with van der Waals surface area (Å²) in [4.78, 5) is 6.33. The summed E-state index contributed by atoms with van der Waals surface area (Å²) < 4.78 is 14.0. The Morgan fingerprint density at radius 3 is 2.82 bits per heavy atom. The number of thiazole rings is 1. The van der Waals surface area contributed by atoms with Gasteiger partial charge in [0.05, 0.1) is 11.2 Å². The second-order valence-corrected chi connectivity index (χ2v) is 5.56. The summed E-state index contributed by atoms with van der Waals surface area (Å²) >= 11 is 4.88. The van der Waals surface area contributed by atoms with Crippen LogP contribution in [0.1, 0.15) is 11.3 Å². The SMILES string of the molecule is CN(Cc1cc(F)cc(Br)c1)Cc1cscn1. The first-order valence-corrected chi connectivity index (χ1v) is 6.87. The van der Waals surface area contributed by atoms with Gasteiger partial charge < -0.3 is 0 Å². The van der Waals surface area contributed by atoms with Gasteiger partial charge in [-0.25, -0.2) is 9.37 Å². The predicted molar refractivity (Wildman–Crippen MR) is 71.4 cm³/mol. The topological polar surface area (TPSA) is 16.1 Å². The summed E-state index contributed by atoms with van der Waals surface area (Å²) in [5, 5.41) is 2.03. The van der Waals surface area contributed by atoms with E-state index in [2.05, 4.69) is 25.8 Å². The number of nitrogens with zero attached hydrogens (tertiary/aromatic N) is 2. The molecule has 2 rings (SSSR count). The van der Waals surface area contributed by atoms with Crippen LogP contribution in [0, 0.1) is 5.82 Å². The predicted octanol–water partition coefficient (Wildman–Crippen LogP) is 3.68. The smallest absolute Gasteiger partial charge is 0.124 e. The van der Waals surface area contributed by atoms with Crippen molar-refractivity contribution in [3.05, 3.63) is 50.6 Å². The van der Waals surface area contributed by atoms with E-state index in [-0.39, 0.29) is 5.82 Å². The molecule has 0 bridgehead atoms. The summed E-state index contributed by atoms with van der Waals surface area (Å²) in [5.74, 6) is -0.212. The second-order valence-electron chi connectivity index (χ2n) is 3.93. The van der Waals surface area contributed by atoms with Gasteiger partial charge in [-0.15, -0.1) is 11.3 Å². The van der Waals surface area contributed by atoms with Crippen LogP contribution in [0.5, 0.6) is 0 Å². The minimum atomic E-state index is -0.212. The highest BCUT2D eigenvalue weighted by molar-refractivity contribution is 9.10. The zero-order valence-electron chi connectivity index (χ0n) is 9.36. The van der Waals surface area contributed by atoms with E-state index in [1.54, 1.807) is 17.4 Å². The van der Waals surface area contributed by atoms with Crippen LogP contribution in [0.3, 0.4) is 0 Å². The molecule has 0 radical (unpaired) electrons. The van der Waals surface area contributed by atoms with E-state index in [1.165, 1.54) is 6.07 Å². The third kappa shape index (κ3) is 3.87. The molecule has 1 heterocycles. The fourth-order valence-corrected chi connectivity index (χ4v) is 2.72. The van der Waals surface area contributed by atoms with Gasteiger partial charge in [-0.2, -0.15) is 0 Å². The third-order valence-corrected chi connectivity index (χ3v) is 3.38. The van der Waals surface area contributed by atoms with Gasteiger partial charge in [0.25, 0.3) is 0 Å². The molecule has 0 fully saturated rings. The lowest BCUT2D eigenvalue weighted by atomic mass is 10.2. The van der Waals surface area contributed by atoms with Gasteiger partial charge in [-0.05, 0) is 30.8 Å². The van der Waals surface area contributed by atoms with E-state index in [1.807, 2.05) is 24.0 Å². The molecule has 5 heteroatoms. The molecule has 1 aromatic carbocycles. The van der Waals surface area contributed by atoms with Crippen molar-refractivity contribution in [2.75, 3.05) is 7.05 Å². The number of rotatable bonds is 4. The first-order valence-electron chi connectivity index (χ1n) is 5.14. The summed E-state index contributed by atoms with van der Waals surface area (Å²) in [5.41, 5.74) is 3.82. The zero-order valence-corrected chi connectivity index (χ0v) is 11.8. The molecular formula is C12H12BrFN2S. The van der Waals surface area contributed by atoms with E-state index in [9.17, 15) is 4.39 Å². The van der Waals surface area contributed by atoms with Crippen molar-refractivity contribution >= 4 is 27.3 Å². The van der Waals surface area contributed by atoms with E-state index >= 15 is 0 Å². The fourth-order valence-electron chi connectivity index (χ4n) is 1.66. The molecule has 1 aromatic heterocycles. The standard InChI is InChI=1S/C12H12BrFN2S/c1-16(6-12-7-17-8-15-12)5-9-2-10(13)4-11(14)3-9/h2-4,7-8H,5-6H2,1H3. The fraction of sp³-hybridized carbons (Fsp3) is 0.250. The Morgan fingerprint density at radius 1 is 1.35 bits per heavy atom. The van der Waals surface area contributed by atoms with E-state index in [0.29, 0.717) is 6.54 Å². The minimum absolute atomic E-state index is 0.212. The molecule has 0 aliphatic carbocycles. The highest BCUT2D eigenvalue weighted by Gasteiger charge is 2.05. The Balaban J connectivity index is 2.00. The van der Waals surface area contributed by atoms with Gasteiger partial charge in [0.2, 0.25) is 0 Å². The average Bonchev–Trinajstić information content (AvgIpc) is 2.67. The monoisotopic (exact) mass is 314 g/mol. The second kappa shape index (κ2) is 5.71. The summed E-state index contributed by atoms with van der Waals surface area (Å²) in [7, 11) is 2.00. The van der Waals surface area contributed by atoms with Crippen molar-refractivity contribution in [2.24, 2.45) is 0 Å². The molecular weight excluding hydrogens is 303 g/mol. The average molecular weight is 315 g/mol.